The van der Waals surface area contributed by atoms with Gasteiger partial charge in [0.25, 0.3) is 0 Å². The zero-order chi connectivity index (χ0) is 12.4. The molecule has 2 rings (SSSR count). The summed E-state index contributed by atoms with van der Waals surface area (Å²) in [4.78, 5) is 8.76. The van der Waals surface area contributed by atoms with Crippen molar-refractivity contribution in [2.45, 2.75) is 13.5 Å². The number of aryl methyl sites for hydroxylation is 1. The molecule has 0 bridgehead atoms. The third-order valence-corrected chi connectivity index (χ3v) is 4.05. The Morgan fingerprint density at radius 3 is 2.76 bits per heavy atom. The van der Waals surface area contributed by atoms with Gasteiger partial charge in [0, 0.05) is 18.1 Å². The third kappa shape index (κ3) is 2.48. The van der Waals surface area contributed by atoms with Crippen LogP contribution in [0.2, 0.25) is 0 Å². The van der Waals surface area contributed by atoms with E-state index in [1.165, 1.54) is 0 Å². The molecule has 0 amide bonds. The molecule has 6 heteroatoms. The number of aromatic nitrogens is 2. The highest BCUT2D eigenvalue weighted by atomic mass is 79.9. The fourth-order valence-electron chi connectivity index (χ4n) is 1.46. The number of nitrogens with two attached hydrogens (primary N) is 1. The standard InChI is InChI=1S/C11H12BrN3OS/c1-6-4-17-5-7(6)11-14-8(3-16-2)9(12)10(13)15-11/h4-5H,3H2,1-2H3,(H2,13,14,15). The van der Waals surface area contributed by atoms with Crippen LogP contribution in [0.15, 0.2) is 15.2 Å². The number of halogens is 1. The van der Waals surface area contributed by atoms with Gasteiger partial charge in [-0.05, 0) is 33.8 Å². The SMILES string of the molecule is COCc1nc(-c2cscc2C)nc(N)c1Br. The Morgan fingerprint density at radius 1 is 1.41 bits per heavy atom. The highest BCUT2D eigenvalue weighted by molar-refractivity contribution is 9.10. The molecule has 4 nitrogen and oxygen atoms in total. The largest absolute Gasteiger partial charge is 0.383 e. The third-order valence-electron chi connectivity index (χ3n) is 2.32. The molecular formula is C11H12BrN3OS. The number of ether oxygens (including phenoxy) is 1. The van der Waals surface area contributed by atoms with E-state index in [0.717, 1.165) is 16.8 Å². The van der Waals surface area contributed by atoms with E-state index >= 15 is 0 Å². The molecule has 0 radical (unpaired) electrons. The van der Waals surface area contributed by atoms with E-state index < -0.39 is 0 Å². The van der Waals surface area contributed by atoms with Crippen LogP contribution >= 0.6 is 27.3 Å². The van der Waals surface area contributed by atoms with Crippen molar-refractivity contribution in [2.75, 3.05) is 12.8 Å². The van der Waals surface area contributed by atoms with Gasteiger partial charge in [0.1, 0.15) is 5.82 Å². The maximum atomic E-state index is 5.86. The summed E-state index contributed by atoms with van der Waals surface area (Å²) in [5.74, 6) is 1.09. The summed E-state index contributed by atoms with van der Waals surface area (Å²) in [7, 11) is 1.63. The lowest BCUT2D eigenvalue weighted by Crippen LogP contribution is -2.03. The zero-order valence-corrected chi connectivity index (χ0v) is 11.9. The first-order valence-electron chi connectivity index (χ1n) is 4.97. The van der Waals surface area contributed by atoms with Gasteiger partial charge in [-0.1, -0.05) is 0 Å². The number of nitrogens with zero attached hydrogens (tertiary/aromatic N) is 2. The van der Waals surface area contributed by atoms with Gasteiger partial charge >= 0.3 is 0 Å². The second kappa shape index (κ2) is 5.12. The molecule has 0 aromatic carbocycles. The first-order valence-corrected chi connectivity index (χ1v) is 6.71. The monoisotopic (exact) mass is 313 g/mol. The van der Waals surface area contributed by atoms with Crippen LogP contribution in [0.1, 0.15) is 11.3 Å². The number of methoxy groups -OCH3 is 1. The van der Waals surface area contributed by atoms with Crippen molar-refractivity contribution < 1.29 is 4.74 Å². The first kappa shape index (κ1) is 12.5. The lowest BCUT2D eigenvalue weighted by atomic mass is 10.2. The maximum Gasteiger partial charge on any atom is 0.163 e. The predicted molar refractivity (Wildman–Crippen MR) is 72.9 cm³/mol. The van der Waals surface area contributed by atoms with E-state index in [4.69, 9.17) is 10.5 Å². The molecule has 0 unspecified atom stereocenters. The van der Waals surface area contributed by atoms with E-state index in [2.05, 4.69) is 31.3 Å². The molecule has 0 saturated carbocycles. The van der Waals surface area contributed by atoms with Crippen LogP contribution in [0.25, 0.3) is 11.4 Å². The van der Waals surface area contributed by atoms with E-state index in [9.17, 15) is 0 Å². The molecule has 17 heavy (non-hydrogen) atoms. The Kier molecular flexibility index (Phi) is 3.76. The van der Waals surface area contributed by atoms with Crippen LogP contribution in [0.5, 0.6) is 0 Å². The van der Waals surface area contributed by atoms with Crippen LogP contribution in [0.3, 0.4) is 0 Å². The van der Waals surface area contributed by atoms with Gasteiger partial charge in [-0.25, -0.2) is 9.97 Å². The highest BCUT2D eigenvalue weighted by Gasteiger charge is 2.13. The van der Waals surface area contributed by atoms with Gasteiger partial charge in [-0.2, -0.15) is 11.3 Å². The summed E-state index contributed by atoms with van der Waals surface area (Å²) in [6.45, 7) is 2.44. The van der Waals surface area contributed by atoms with Crippen LogP contribution in [-0.2, 0) is 11.3 Å². The molecule has 2 heterocycles. The predicted octanol–water partition coefficient (Wildman–Crippen LogP) is 3.00. The lowest BCUT2D eigenvalue weighted by molar-refractivity contribution is 0.181. The van der Waals surface area contributed by atoms with Gasteiger partial charge in [0.05, 0.1) is 16.8 Å². The molecule has 2 aromatic heterocycles. The molecule has 0 saturated heterocycles. The lowest BCUT2D eigenvalue weighted by Gasteiger charge is -2.08. The van der Waals surface area contributed by atoms with E-state index in [1.54, 1.807) is 18.4 Å². The minimum atomic E-state index is 0.406. The zero-order valence-electron chi connectivity index (χ0n) is 9.53. The Bertz CT molecular complexity index is 542. The molecule has 0 aliphatic rings. The number of anilines is 1. The molecule has 90 valence electrons. The number of rotatable bonds is 3. The van der Waals surface area contributed by atoms with Crippen LogP contribution in [-0.4, -0.2) is 17.1 Å². The van der Waals surface area contributed by atoms with Gasteiger partial charge in [-0.3, -0.25) is 0 Å². The molecule has 0 aliphatic heterocycles. The van der Waals surface area contributed by atoms with Crippen LogP contribution < -0.4 is 5.73 Å². The van der Waals surface area contributed by atoms with Crippen molar-refractivity contribution in [1.82, 2.24) is 9.97 Å². The molecular weight excluding hydrogens is 302 g/mol. The molecule has 2 aromatic rings. The smallest absolute Gasteiger partial charge is 0.163 e. The summed E-state index contributed by atoms with van der Waals surface area (Å²) in [6.07, 6.45) is 0. The average molecular weight is 314 g/mol. The Balaban J connectivity index is 2.53. The van der Waals surface area contributed by atoms with Crippen LogP contribution in [0, 0.1) is 6.92 Å². The Labute approximate surface area is 112 Å². The van der Waals surface area contributed by atoms with Crippen molar-refractivity contribution >= 4 is 33.1 Å². The first-order chi connectivity index (χ1) is 8.13. The maximum absolute atomic E-state index is 5.86. The molecule has 0 aliphatic carbocycles. The fraction of sp³-hybridized carbons (Fsp3) is 0.273. The topological polar surface area (TPSA) is 61.0 Å². The average Bonchev–Trinajstić information content (AvgIpc) is 2.71. The molecule has 0 spiro atoms. The Morgan fingerprint density at radius 2 is 2.18 bits per heavy atom. The Hall–Kier alpha value is -0.980. The van der Waals surface area contributed by atoms with Gasteiger partial charge < -0.3 is 10.5 Å². The molecule has 0 fully saturated rings. The minimum absolute atomic E-state index is 0.406. The number of nitrogen functional groups attached to an aromatic ring is 1. The number of hydrogen-bond acceptors (Lipinski definition) is 5. The van der Waals surface area contributed by atoms with Crippen molar-refractivity contribution in [1.29, 1.82) is 0 Å². The summed E-state index contributed by atoms with van der Waals surface area (Å²) >= 11 is 5.00. The second-order valence-corrected chi connectivity index (χ2v) is 5.13. The second-order valence-electron chi connectivity index (χ2n) is 3.59. The quantitative estimate of drug-likeness (QED) is 0.946. The van der Waals surface area contributed by atoms with E-state index in [0.29, 0.717) is 22.7 Å². The van der Waals surface area contributed by atoms with Crippen molar-refractivity contribution in [3.8, 4) is 11.4 Å². The van der Waals surface area contributed by atoms with Crippen molar-refractivity contribution in [2.24, 2.45) is 0 Å². The van der Waals surface area contributed by atoms with Gasteiger partial charge in [0.2, 0.25) is 0 Å². The van der Waals surface area contributed by atoms with Gasteiger partial charge in [0.15, 0.2) is 5.82 Å². The summed E-state index contributed by atoms with van der Waals surface area (Å²) < 4.78 is 5.80. The molecule has 2 N–H and O–H groups in total. The van der Waals surface area contributed by atoms with Crippen molar-refractivity contribution in [3.63, 3.8) is 0 Å². The fourth-order valence-corrected chi connectivity index (χ4v) is 2.57. The van der Waals surface area contributed by atoms with E-state index in [1.807, 2.05) is 12.3 Å². The minimum Gasteiger partial charge on any atom is -0.383 e. The number of thiophene rings is 1. The summed E-state index contributed by atoms with van der Waals surface area (Å²) in [6, 6.07) is 0. The number of hydrogen-bond donors (Lipinski definition) is 1. The van der Waals surface area contributed by atoms with Crippen LogP contribution in [0.4, 0.5) is 5.82 Å². The van der Waals surface area contributed by atoms with E-state index in [-0.39, 0.29) is 0 Å². The summed E-state index contributed by atoms with van der Waals surface area (Å²) in [5.41, 5.74) is 8.80. The normalized spacial score (nSPS) is 10.8. The highest BCUT2D eigenvalue weighted by Crippen LogP contribution is 2.28. The van der Waals surface area contributed by atoms with Gasteiger partial charge in [-0.15, -0.1) is 0 Å². The molecule has 0 atom stereocenters. The summed E-state index contributed by atoms with van der Waals surface area (Å²) in [5, 5.41) is 4.08. The van der Waals surface area contributed by atoms with Crippen molar-refractivity contribution in [3.05, 3.63) is 26.5 Å².